The van der Waals surface area contributed by atoms with E-state index in [4.69, 9.17) is 0 Å². The number of nitrogens with one attached hydrogen (secondary N) is 1. The lowest BCUT2D eigenvalue weighted by Gasteiger charge is -2.29. The first-order valence-corrected chi connectivity index (χ1v) is 8.13. The fourth-order valence-electron chi connectivity index (χ4n) is 3.06. The highest BCUT2D eigenvalue weighted by Crippen LogP contribution is 2.22. The molecule has 2 amide bonds. The van der Waals surface area contributed by atoms with Crippen LogP contribution in [0.1, 0.15) is 46.9 Å². The van der Waals surface area contributed by atoms with Crippen LogP contribution < -0.4 is 5.32 Å². The maximum atomic E-state index is 12.7. The van der Waals surface area contributed by atoms with Gasteiger partial charge in [-0.05, 0) is 30.0 Å². The van der Waals surface area contributed by atoms with Crippen LogP contribution in [-0.2, 0) is 17.8 Å². The molecule has 1 N–H and O–H groups in total. The number of hydrogen-bond donors (Lipinski definition) is 1. The zero-order valence-corrected chi connectivity index (χ0v) is 14.0. The van der Waals surface area contributed by atoms with E-state index in [2.05, 4.69) is 10.3 Å². The molecule has 0 saturated carbocycles. The van der Waals surface area contributed by atoms with E-state index in [1.54, 1.807) is 24.2 Å². The van der Waals surface area contributed by atoms with Gasteiger partial charge in [0.15, 0.2) is 0 Å². The van der Waals surface area contributed by atoms with E-state index in [1.165, 1.54) is 0 Å². The van der Waals surface area contributed by atoms with Gasteiger partial charge in [-0.3, -0.25) is 14.6 Å². The zero-order valence-electron chi connectivity index (χ0n) is 14.0. The predicted octanol–water partition coefficient (Wildman–Crippen LogP) is 2.48. The summed E-state index contributed by atoms with van der Waals surface area (Å²) in [5, 5.41) is 3.04. The van der Waals surface area contributed by atoms with Crippen molar-refractivity contribution in [3.8, 4) is 0 Å². The number of aromatic nitrogens is 1. The standard InChI is InChI=1S/C19H21N3O2/c1-13(15-6-4-3-5-7-15)21-19(24)18-11-20-10-16-12-22(14(2)23)9-8-17(16)18/h3-7,10-11,13H,8-9,12H2,1-2H3,(H,21,24). The third kappa shape index (κ3) is 3.30. The van der Waals surface area contributed by atoms with Gasteiger partial charge in [-0.1, -0.05) is 30.3 Å². The minimum atomic E-state index is -0.119. The molecular formula is C19H21N3O2. The number of amides is 2. The molecular weight excluding hydrogens is 302 g/mol. The van der Waals surface area contributed by atoms with Crippen molar-refractivity contribution in [3.05, 3.63) is 65.0 Å². The third-order valence-corrected chi connectivity index (χ3v) is 4.48. The van der Waals surface area contributed by atoms with Gasteiger partial charge in [-0.15, -0.1) is 0 Å². The molecule has 1 aromatic heterocycles. The topological polar surface area (TPSA) is 62.3 Å². The SMILES string of the molecule is CC(=O)N1CCc2c(cncc2C(=O)NC(C)c2ccccc2)C1. The molecule has 3 rings (SSSR count). The summed E-state index contributed by atoms with van der Waals surface area (Å²) in [5.74, 6) is -0.0693. The normalized spacial score (nSPS) is 14.7. The average molecular weight is 323 g/mol. The van der Waals surface area contributed by atoms with Gasteiger partial charge in [-0.2, -0.15) is 0 Å². The molecule has 0 bridgehead atoms. The monoisotopic (exact) mass is 323 g/mol. The smallest absolute Gasteiger partial charge is 0.253 e. The lowest BCUT2D eigenvalue weighted by Crippen LogP contribution is -2.36. The zero-order chi connectivity index (χ0) is 17.1. The number of carbonyl (C=O) groups excluding carboxylic acids is 2. The maximum Gasteiger partial charge on any atom is 0.253 e. The molecule has 5 heteroatoms. The number of rotatable bonds is 3. The van der Waals surface area contributed by atoms with Crippen LogP contribution in [-0.4, -0.2) is 28.2 Å². The molecule has 24 heavy (non-hydrogen) atoms. The number of pyridine rings is 1. The van der Waals surface area contributed by atoms with Crippen LogP contribution >= 0.6 is 0 Å². The lowest BCUT2D eigenvalue weighted by atomic mass is 9.96. The Kier molecular flexibility index (Phi) is 4.60. The van der Waals surface area contributed by atoms with Crippen LogP contribution in [0, 0.1) is 0 Å². The van der Waals surface area contributed by atoms with E-state index in [1.807, 2.05) is 37.3 Å². The van der Waals surface area contributed by atoms with Crippen LogP contribution in [0.3, 0.4) is 0 Å². The minimum Gasteiger partial charge on any atom is -0.345 e. The molecule has 0 saturated heterocycles. The van der Waals surface area contributed by atoms with Gasteiger partial charge >= 0.3 is 0 Å². The second-order valence-electron chi connectivity index (χ2n) is 6.12. The number of nitrogens with zero attached hydrogens (tertiary/aromatic N) is 2. The number of fused-ring (bicyclic) bond motifs is 1. The van der Waals surface area contributed by atoms with Gasteiger partial charge in [0.1, 0.15) is 0 Å². The van der Waals surface area contributed by atoms with E-state index in [0.29, 0.717) is 25.1 Å². The fraction of sp³-hybridized carbons (Fsp3) is 0.316. The summed E-state index contributed by atoms with van der Waals surface area (Å²) in [6.07, 6.45) is 4.05. The Hall–Kier alpha value is -2.69. The van der Waals surface area contributed by atoms with Gasteiger partial charge in [-0.25, -0.2) is 0 Å². The van der Waals surface area contributed by atoms with Crippen LogP contribution in [0.4, 0.5) is 0 Å². The van der Waals surface area contributed by atoms with E-state index >= 15 is 0 Å². The average Bonchev–Trinajstić information content (AvgIpc) is 2.61. The van der Waals surface area contributed by atoms with Crippen LogP contribution in [0.25, 0.3) is 0 Å². The van der Waals surface area contributed by atoms with Crippen molar-refractivity contribution in [1.29, 1.82) is 0 Å². The lowest BCUT2D eigenvalue weighted by molar-refractivity contribution is -0.129. The van der Waals surface area contributed by atoms with Crippen LogP contribution in [0.2, 0.25) is 0 Å². The summed E-state index contributed by atoms with van der Waals surface area (Å²) >= 11 is 0. The van der Waals surface area contributed by atoms with Crippen molar-refractivity contribution in [2.24, 2.45) is 0 Å². The van der Waals surface area contributed by atoms with Crippen molar-refractivity contribution in [2.45, 2.75) is 32.9 Å². The first kappa shape index (κ1) is 16.2. The maximum absolute atomic E-state index is 12.7. The summed E-state index contributed by atoms with van der Waals surface area (Å²) in [6, 6.07) is 9.78. The largest absolute Gasteiger partial charge is 0.345 e. The second kappa shape index (κ2) is 6.83. The van der Waals surface area contributed by atoms with E-state index in [-0.39, 0.29) is 17.9 Å². The molecule has 2 heterocycles. The van der Waals surface area contributed by atoms with E-state index in [0.717, 1.165) is 16.7 Å². The summed E-state index contributed by atoms with van der Waals surface area (Å²) in [5.41, 5.74) is 3.63. The molecule has 1 aromatic carbocycles. The highest BCUT2D eigenvalue weighted by molar-refractivity contribution is 5.96. The van der Waals surface area contributed by atoms with Gasteiger partial charge in [0.05, 0.1) is 11.6 Å². The highest BCUT2D eigenvalue weighted by Gasteiger charge is 2.24. The fourth-order valence-corrected chi connectivity index (χ4v) is 3.06. The van der Waals surface area contributed by atoms with Crippen molar-refractivity contribution in [3.63, 3.8) is 0 Å². The molecule has 1 atom stereocenters. The Labute approximate surface area is 141 Å². The minimum absolute atomic E-state index is 0.0493. The van der Waals surface area contributed by atoms with Crippen molar-refractivity contribution in [1.82, 2.24) is 15.2 Å². The summed E-state index contributed by atoms with van der Waals surface area (Å²) in [7, 11) is 0. The molecule has 0 aliphatic carbocycles. The molecule has 0 spiro atoms. The number of carbonyl (C=O) groups is 2. The third-order valence-electron chi connectivity index (χ3n) is 4.48. The molecule has 5 nitrogen and oxygen atoms in total. The Balaban J connectivity index is 1.79. The Morgan fingerprint density at radius 2 is 1.96 bits per heavy atom. The van der Waals surface area contributed by atoms with Crippen LogP contribution in [0.5, 0.6) is 0 Å². The molecule has 1 aliphatic heterocycles. The summed E-state index contributed by atoms with van der Waals surface area (Å²) in [6.45, 7) is 4.69. The van der Waals surface area contributed by atoms with E-state index < -0.39 is 0 Å². The van der Waals surface area contributed by atoms with Gasteiger partial charge in [0.25, 0.3) is 5.91 Å². The van der Waals surface area contributed by atoms with Crippen molar-refractivity contribution >= 4 is 11.8 Å². The molecule has 0 radical (unpaired) electrons. The highest BCUT2D eigenvalue weighted by atomic mass is 16.2. The van der Waals surface area contributed by atoms with Gasteiger partial charge in [0.2, 0.25) is 5.91 Å². The molecule has 124 valence electrons. The molecule has 1 unspecified atom stereocenters. The first-order chi connectivity index (χ1) is 11.6. The summed E-state index contributed by atoms with van der Waals surface area (Å²) < 4.78 is 0. The predicted molar refractivity (Wildman–Crippen MR) is 91.4 cm³/mol. The Bertz CT molecular complexity index is 758. The van der Waals surface area contributed by atoms with Crippen molar-refractivity contribution in [2.75, 3.05) is 6.54 Å². The van der Waals surface area contributed by atoms with Crippen molar-refractivity contribution < 1.29 is 9.59 Å². The first-order valence-electron chi connectivity index (χ1n) is 8.13. The Morgan fingerprint density at radius 1 is 1.21 bits per heavy atom. The molecule has 0 fully saturated rings. The number of benzene rings is 1. The number of hydrogen-bond acceptors (Lipinski definition) is 3. The van der Waals surface area contributed by atoms with Gasteiger partial charge < -0.3 is 10.2 Å². The van der Waals surface area contributed by atoms with Gasteiger partial charge in [0, 0.05) is 32.4 Å². The summed E-state index contributed by atoms with van der Waals surface area (Å²) in [4.78, 5) is 30.2. The molecule has 2 aromatic rings. The second-order valence-corrected chi connectivity index (χ2v) is 6.12. The van der Waals surface area contributed by atoms with E-state index in [9.17, 15) is 9.59 Å². The molecule has 1 aliphatic rings. The van der Waals surface area contributed by atoms with Crippen LogP contribution in [0.15, 0.2) is 42.7 Å². The quantitative estimate of drug-likeness (QED) is 0.944. The Morgan fingerprint density at radius 3 is 2.67 bits per heavy atom.